The van der Waals surface area contributed by atoms with E-state index in [1.165, 1.54) is 14.2 Å². The zero-order chi connectivity index (χ0) is 30.5. The lowest BCUT2D eigenvalue weighted by Gasteiger charge is -2.27. The molecule has 5 rings (SSSR count). The highest BCUT2D eigenvalue weighted by Crippen LogP contribution is 2.48. The van der Waals surface area contributed by atoms with Crippen molar-refractivity contribution in [2.75, 3.05) is 14.2 Å². The Morgan fingerprint density at radius 2 is 1.74 bits per heavy atom. The fourth-order valence-electron chi connectivity index (χ4n) is 5.54. The van der Waals surface area contributed by atoms with Crippen molar-refractivity contribution in [2.45, 2.75) is 63.9 Å². The fourth-order valence-corrected chi connectivity index (χ4v) is 5.54. The Hall–Kier alpha value is -4.66. The molecule has 0 saturated heterocycles. The summed E-state index contributed by atoms with van der Waals surface area (Å²) in [6.07, 6.45) is 6.76. The summed E-state index contributed by atoms with van der Waals surface area (Å²) in [5.41, 5.74) is 2.41. The van der Waals surface area contributed by atoms with Gasteiger partial charge in [-0.3, -0.25) is 9.59 Å². The van der Waals surface area contributed by atoms with E-state index in [9.17, 15) is 19.2 Å². The summed E-state index contributed by atoms with van der Waals surface area (Å²) in [5, 5.41) is 0. The molecule has 9 nitrogen and oxygen atoms in total. The lowest BCUT2D eigenvalue weighted by Crippen LogP contribution is -2.24. The van der Waals surface area contributed by atoms with Crippen LogP contribution >= 0.6 is 0 Å². The quantitative estimate of drug-likeness (QED) is 0.244. The molecule has 43 heavy (non-hydrogen) atoms. The zero-order valence-corrected chi connectivity index (χ0v) is 24.5. The molecule has 0 spiro atoms. The molecular weight excluding hydrogens is 552 g/mol. The van der Waals surface area contributed by atoms with E-state index in [2.05, 4.69) is 0 Å². The molecule has 9 heteroatoms. The molecule has 0 bridgehead atoms. The van der Waals surface area contributed by atoms with Gasteiger partial charge in [-0.1, -0.05) is 24.3 Å². The largest absolute Gasteiger partial charge is 0.495 e. The molecule has 1 aromatic heterocycles. The Morgan fingerprint density at radius 1 is 0.977 bits per heavy atom. The van der Waals surface area contributed by atoms with Crippen LogP contribution in [0.5, 0.6) is 11.5 Å². The second-order valence-corrected chi connectivity index (χ2v) is 10.7. The molecule has 2 aliphatic heterocycles. The van der Waals surface area contributed by atoms with Gasteiger partial charge in [-0.05, 0) is 68.5 Å². The number of carbonyl (C=O) groups is 4. The number of rotatable bonds is 4. The third-order valence-corrected chi connectivity index (χ3v) is 7.72. The van der Waals surface area contributed by atoms with Crippen LogP contribution in [0.1, 0.15) is 95.4 Å². The van der Waals surface area contributed by atoms with Gasteiger partial charge in [0.15, 0.2) is 0 Å². The molecule has 2 aliphatic rings. The van der Waals surface area contributed by atoms with Gasteiger partial charge in [0.1, 0.15) is 34.4 Å². The SMILES string of the molecule is COC(=O)c1ccc(-c2ccc([C@@H]3CC(=O)Oc4cc5c(c(OC)c43)C(=O)O[C@H](C)CCCC(=O)CCCC=C5)o2)cc1. The standard InChI is InChI=1S/C34H34O9/c1-20-8-7-11-24(35)10-6-4-5-9-23-18-28-31(32(39-2)30(23)34(38)41-20)25(19-29(36)43-28)27-17-16-26(42-27)21-12-14-22(15-13-21)33(37)40-3/h5,9,12-18,20,25H,4,6-8,10-11,19H2,1-3H3/t20-,25+/m1/s1. The van der Waals surface area contributed by atoms with Crippen LogP contribution < -0.4 is 9.47 Å². The summed E-state index contributed by atoms with van der Waals surface area (Å²) in [7, 11) is 2.79. The van der Waals surface area contributed by atoms with Gasteiger partial charge in [-0.25, -0.2) is 9.59 Å². The van der Waals surface area contributed by atoms with Gasteiger partial charge in [-0.15, -0.1) is 0 Å². The first-order valence-corrected chi connectivity index (χ1v) is 14.4. The smallest absolute Gasteiger partial charge is 0.342 e. The summed E-state index contributed by atoms with van der Waals surface area (Å²) < 4.78 is 28.4. The number of carbonyl (C=O) groups excluding carboxylic acids is 4. The third kappa shape index (κ3) is 6.56. The lowest BCUT2D eigenvalue weighted by atomic mass is 9.86. The maximum Gasteiger partial charge on any atom is 0.342 e. The molecule has 3 aromatic rings. The monoisotopic (exact) mass is 586 g/mol. The number of cyclic esters (lactones) is 1. The van der Waals surface area contributed by atoms with E-state index in [1.807, 2.05) is 6.08 Å². The topological polar surface area (TPSA) is 118 Å². The summed E-state index contributed by atoms with van der Waals surface area (Å²) >= 11 is 0. The number of ether oxygens (including phenoxy) is 4. The molecule has 2 aromatic carbocycles. The fraction of sp³-hybridized carbons (Fsp3) is 0.353. The van der Waals surface area contributed by atoms with Crippen LogP contribution in [0.4, 0.5) is 0 Å². The second kappa shape index (κ2) is 13.1. The van der Waals surface area contributed by atoms with E-state index in [0.29, 0.717) is 66.7 Å². The van der Waals surface area contributed by atoms with E-state index in [1.54, 1.807) is 55.5 Å². The maximum absolute atomic E-state index is 13.6. The molecular formula is C34H34O9. The highest BCUT2D eigenvalue weighted by molar-refractivity contribution is 5.99. The highest BCUT2D eigenvalue weighted by atomic mass is 16.6. The van der Waals surface area contributed by atoms with Crippen molar-refractivity contribution in [1.29, 1.82) is 0 Å². The normalized spacial score (nSPS) is 19.4. The number of fused-ring (bicyclic) bond motifs is 2. The van der Waals surface area contributed by atoms with E-state index in [-0.39, 0.29) is 29.3 Å². The number of esters is 3. The number of Topliss-reactive ketones (excluding diaryl/α,β-unsaturated/α-hetero) is 1. The third-order valence-electron chi connectivity index (χ3n) is 7.72. The van der Waals surface area contributed by atoms with Crippen LogP contribution in [0.3, 0.4) is 0 Å². The average Bonchev–Trinajstić information content (AvgIpc) is 3.49. The Labute approximate surface area is 249 Å². The van der Waals surface area contributed by atoms with E-state index >= 15 is 0 Å². The first-order chi connectivity index (χ1) is 20.8. The number of benzene rings is 2. The number of ketones is 1. The Morgan fingerprint density at radius 3 is 2.49 bits per heavy atom. The molecule has 224 valence electrons. The minimum atomic E-state index is -0.590. The molecule has 2 atom stereocenters. The number of methoxy groups -OCH3 is 2. The van der Waals surface area contributed by atoms with Gasteiger partial charge in [0, 0.05) is 24.0 Å². The lowest BCUT2D eigenvalue weighted by molar-refractivity contribution is -0.135. The van der Waals surface area contributed by atoms with Gasteiger partial charge in [0.25, 0.3) is 0 Å². The van der Waals surface area contributed by atoms with Gasteiger partial charge in [0.05, 0.1) is 38.2 Å². The molecule has 0 unspecified atom stereocenters. The number of hydrogen-bond donors (Lipinski definition) is 0. The molecule has 0 N–H and O–H groups in total. The first kappa shape index (κ1) is 29.8. The highest BCUT2D eigenvalue weighted by Gasteiger charge is 2.37. The van der Waals surface area contributed by atoms with E-state index in [4.69, 9.17) is 23.4 Å². The molecule has 0 fully saturated rings. The van der Waals surface area contributed by atoms with Crippen LogP contribution in [0, 0.1) is 0 Å². The molecule has 0 amide bonds. The number of hydrogen-bond acceptors (Lipinski definition) is 9. The van der Waals surface area contributed by atoms with E-state index < -0.39 is 29.9 Å². The molecule has 0 saturated carbocycles. The Kier molecular flexibility index (Phi) is 9.09. The number of allylic oxidation sites excluding steroid dienone is 1. The predicted octanol–water partition coefficient (Wildman–Crippen LogP) is 6.66. The van der Waals surface area contributed by atoms with Crippen molar-refractivity contribution in [2.24, 2.45) is 0 Å². The van der Waals surface area contributed by atoms with Crippen LogP contribution in [0.15, 0.2) is 53.0 Å². The summed E-state index contributed by atoms with van der Waals surface area (Å²) in [6.45, 7) is 1.81. The maximum atomic E-state index is 13.6. The summed E-state index contributed by atoms with van der Waals surface area (Å²) in [5.74, 6) is -0.257. The number of furan rings is 1. The van der Waals surface area contributed by atoms with Crippen LogP contribution in [-0.4, -0.2) is 44.0 Å². The van der Waals surface area contributed by atoms with Crippen molar-refractivity contribution in [3.8, 4) is 22.8 Å². The van der Waals surface area contributed by atoms with Crippen molar-refractivity contribution >= 4 is 29.8 Å². The average molecular weight is 587 g/mol. The minimum Gasteiger partial charge on any atom is -0.495 e. The summed E-state index contributed by atoms with van der Waals surface area (Å²) in [6, 6.07) is 12.0. The summed E-state index contributed by atoms with van der Waals surface area (Å²) in [4.78, 5) is 50.4. The van der Waals surface area contributed by atoms with Crippen LogP contribution in [0.25, 0.3) is 17.4 Å². The minimum absolute atomic E-state index is 0.0221. The molecule has 3 heterocycles. The van der Waals surface area contributed by atoms with Crippen molar-refractivity contribution in [3.05, 3.63) is 76.6 Å². The molecule has 0 radical (unpaired) electrons. The predicted molar refractivity (Wildman–Crippen MR) is 157 cm³/mol. The van der Waals surface area contributed by atoms with Crippen molar-refractivity contribution in [1.82, 2.24) is 0 Å². The van der Waals surface area contributed by atoms with Gasteiger partial charge in [-0.2, -0.15) is 0 Å². The van der Waals surface area contributed by atoms with Crippen molar-refractivity contribution < 1.29 is 42.5 Å². The Bertz CT molecular complexity index is 1560. The second-order valence-electron chi connectivity index (χ2n) is 10.7. The van der Waals surface area contributed by atoms with Crippen LogP contribution in [0.2, 0.25) is 0 Å². The zero-order valence-electron chi connectivity index (χ0n) is 24.5. The Balaban J connectivity index is 1.56. The van der Waals surface area contributed by atoms with E-state index in [0.717, 1.165) is 5.56 Å². The van der Waals surface area contributed by atoms with Gasteiger partial charge in [0.2, 0.25) is 0 Å². The first-order valence-electron chi connectivity index (χ1n) is 14.4. The van der Waals surface area contributed by atoms with Gasteiger partial charge < -0.3 is 23.4 Å². The van der Waals surface area contributed by atoms with Crippen LogP contribution in [-0.2, 0) is 19.1 Å². The van der Waals surface area contributed by atoms with Gasteiger partial charge >= 0.3 is 17.9 Å². The molecule has 0 aliphatic carbocycles. The van der Waals surface area contributed by atoms with Crippen molar-refractivity contribution in [3.63, 3.8) is 0 Å².